The average molecular weight is 1850 g/mol. The van der Waals surface area contributed by atoms with Crippen molar-refractivity contribution >= 4 is 121 Å². The molecule has 0 radical (unpaired) electrons. The molecule has 0 saturated carbocycles. The molecule has 27 aromatic rings. The first-order valence-corrected chi connectivity index (χ1v) is 49.4. The SMILES string of the molecule is c1ccc(-c2ccc(N(c3ccc4c(c3)C3(c5ccccc5-c5ccc(-c6cccc(-c7cc(-c8ccccc8)nc(-n8c9cc(N(c%10ccc(-c%11ccccc%11)cc%10)c%10cccc(-c%11ccccc%11)c%10)ccc9c9cc%10c%11ccccc%11n(-c%11ccccc%11)c%10cc98)n7)c6)cc53)c3ccccc3-4)c3ccc4c(c3)c3cc5oc6ccccc6c5cc3n4-c3nc(-c4ccccc4)cc(-c4ccccc4)n3)cc2)cc1. The van der Waals surface area contributed by atoms with Crippen LogP contribution in [0.2, 0.25) is 0 Å². The molecular weight excluding hydrogens is 1760 g/mol. The quantitative estimate of drug-likeness (QED) is 0.0898. The molecule has 1 unspecified atom stereocenters. The summed E-state index contributed by atoms with van der Waals surface area (Å²) in [6, 6.07) is 188. The van der Waals surface area contributed by atoms with Gasteiger partial charge in [0, 0.05) is 105 Å². The van der Waals surface area contributed by atoms with Crippen molar-refractivity contribution in [1.29, 1.82) is 0 Å². The molecule has 145 heavy (non-hydrogen) atoms. The highest BCUT2D eigenvalue weighted by atomic mass is 16.3. The van der Waals surface area contributed by atoms with Gasteiger partial charge in [-0.15, -0.1) is 0 Å². The summed E-state index contributed by atoms with van der Waals surface area (Å²) in [6.45, 7) is 0. The Bertz CT molecular complexity index is 9800. The minimum absolute atomic E-state index is 0.537. The average Bonchev–Trinajstić information content (AvgIpc) is 1.50. The fourth-order valence-electron chi connectivity index (χ4n) is 23.3. The van der Waals surface area contributed by atoms with Crippen molar-refractivity contribution in [2.24, 2.45) is 0 Å². The van der Waals surface area contributed by atoms with Crippen molar-refractivity contribution in [3.05, 3.63) is 538 Å². The van der Waals surface area contributed by atoms with Crippen LogP contribution >= 0.6 is 0 Å². The normalized spacial score (nSPS) is 13.0. The first-order valence-electron chi connectivity index (χ1n) is 49.4. The molecule has 676 valence electrons. The number of nitrogens with zero attached hydrogens (tertiary/aromatic N) is 9. The molecule has 29 rings (SSSR count). The fourth-order valence-corrected chi connectivity index (χ4v) is 23.3. The molecule has 0 fully saturated rings. The van der Waals surface area contributed by atoms with Crippen LogP contribution in [0.1, 0.15) is 22.3 Å². The number of furan rings is 1. The van der Waals surface area contributed by atoms with E-state index in [9.17, 15) is 0 Å². The van der Waals surface area contributed by atoms with E-state index in [1.165, 1.54) is 49.9 Å². The maximum atomic E-state index is 6.83. The van der Waals surface area contributed by atoms with Crippen LogP contribution in [0.25, 0.3) is 217 Å². The van der Waals surface area contributed by atoms with Crippen molar-refractivity contribution in [1.82, 2.24) is 33.6 Å². The molecular formula is C135H85N9O. The first kappa shape index (κ1) is 82.6. The summed E-state index contributed by atoms with van der Waals surface area (Å²) in [5.41, 5.74) is 39.7. The fraction of sp³-hybridized carbons (Fsp3) is 0.00741. The van der Waals surface area contributed by atoms with E-state index in [0.29, 0.717) is 11.9 Å². The molecule has 2 aliphatic carbocycles. The van der Waals surface area contributed by atoms with E-state index < -0.39 is 5.41 Å². The second kappa shape index (κ2) is 33.4. The Labute approximate surface area is 836 Å². The molecule has 1 spiro atoms. The molecule has 1 atom stereocenters. The third-order valence-corrected chi connectivity index (χ3v) is 29.9. The van der Waals surface area contributed by atoms with Crippen LogP contribution in [0.15, 0.2) is 520 Å². The molecule has 0 amide bonds. The Balaban J connectivity index is 0.608. The highest BCUT2D eigenvalue weighted by Gasteiger charge is 2.52. The summed E-state index contributed by atoms with van der Waals surface area (Å²) in [5.74, 6) is 1.10. The molecule has 0 N–H and O–H groups in total. The maximum absolute atomic E-state index is 6.83. The van der Waals surface area contributed by atoms with Gasteiger partial charge in [0.25, 0.3) is 0 Å². The summed E-state index contributed by atoms with van der Waals surface area (Å²) < 4.78 is 13.8. The van der Waals surface area contributed by atoms with Crippen molar-refractivity contribution in [2.75, 3.05) is 9.80 Å². The second-order valence-electron chi connectivity index (χ2n) is 37.9. The van der Waals surface area contributed by atoms with Crippen LogP contribution in [0.4, 0.5) is 34.1 Å². The smallest absolute Gasteiger partial charge is 0.235 e. The third kappa shape index (κ3) is 13.5. The Kier molecular flexibility index (Phi) is 19.0. The Morgan fingerprint density at radius 1 is 0.172 bits per heavy atom. The minimum Gasteiger partial charge on any atom is -0.456 e. The lowest BCUT2D eigenvalue weighted by molar-refractivity contribution is 0.669. The monoisotopic (exact) mass is 1850 g/mol. The van der Waals surface area contributed by atoms with Gasteiger partial charge in [-0.25, -0.2) is 19.9 Å². The van der Waals surface area contributed by atoms with Gasteiger partial charge in [0.05, 0.1) is 61.3 Å². The lowest BCUT2D eigenvalue weighted by Crippen LogP contribution is -2.26. The van der Waals surface area contributed by atoms with Crippen LogP contribution in [-0.2, 0) is 5.41 Å². The van der Waals surface area contributed by atoms with E-state index in [1.807, 2.05) is 6.07 Å². The van der Waals surface area contributed by atoms with Crippen molar-refractivity contribution in [3.63, 3.8) is 0 Å². The zero-order valence-corrected chi connectivity index (χ0v) is 78.5. The van der Waals surface area contributed by atoms with E-state index in [-0.39, 0.29) is 0 Å². The molecule has 6 heterocycles. The molecule has 10 heteroatoms. The van der Waals surface area contributed by atoms with Crippen LogP contribution < -0.4 is 9.80 Å². The highest BCUT2D eigenvalue weighted by molar-refractivity contribution is 6.21. The van der Waals surface area contributed by atoms with Crippen molar-refractivity contribution < 1.29 is 4.42 Å². The van der Waals surface area contributed by atoms with Crippen molar-refractivity contribution in [3.8, 4) is 129 Å². The standard InChI is InChI=1S/C135H85N9O/c1-8-32-86(33-9-1)89-58-63-99(64-59-89)140(101-49-31-45-95(75-101)88-36-12-3-13-37-88)104-68-72-110-114-80-113-109-52-24-28-56-125(109)142(98-47-20-7-21-48-98)129(113)85-130(114)144(127(110)79-104)134-138-123(93-42-18-6-19-43-93)84-124(139-134)97-46-30-44-94(74-97)96-62-70-107-105-50-22-26-54-117(105)135(119(107)76-96)118-55-27-23-51-106(118)108-71-67-103(78-120(108)135)141(100-65-60-90(61-66-100)87-34-10-2-11-35-87)102-69-73-126-112(77-102)115-82-132-116(111-53-25-29-57-131(111)145-132)81-128(115)143(126)133-136-121(91-38-14-4-15-39-91)83-122(137-133)92-40-16-5-17-41-92/h1-85H. The Morgan fingerprint density at radius 3 is 1.14 bits per heavy atom. The van der Waals surface area contributed by atoms with E-state index >= 15 is 0 Å². The summed E-state index contributed by atoms with van der Waals surface area (Å²) >= 11 is 0. The number of benzene rings is 21. The largest absolute Gasteiger partial charge is 0.456 e. The number of para-hydroxylation sites is 3. The van der Waals surface area contributed by atoms with Gasteiger partial charge in [0.1, 0.15) is 11.2 Å². The molecule has 0 saturated heterocycles. The summed E-state index contributed by atoms with van der Waals surface area (Å²) in [6.07, 6.45) is 0. The summed E-state index contributed by atoms with van der Waals surface area (Å²) in [7, 11) is 0. The Hall–Kier alpha value is -19.4. The number of rotatable bonds is 17. The highest BCUT2D eigenvalue weighted by Crippen LogP contribution is 2.64. The zero-order valence-electron chi connectivity index (χ0n) is 78.5. The van der Waals surface area contributed by atoms with E-state index in [0.717, 1.165) is 211 Å². The Morgan fingerprint density at radius 2 is 0.538 bits per heavy atom. The number of fused-ring (bicyclic) bond motifs is 22. The number of hydrogen-bond donors (Lipinski definition) is 0. The zero-order chi connectivity index (χ0) is 95.3. The van der Waals surface area contributed by atoms with Crippen LogP contribution in [0, 0.1) is 0 Å². The van der Waals surface area contributed by atoms with E-state index in [1.54, 1.807) is 0 Å². The summed E-state index contributed by atoms with van der Waals surface area (Å²) in [4.78, 5) is 27.7. The van der Waals surface area contributed by atoms with Crippen molar-refractivity contribution in [2.45, 2.75) is 5.41 Å². The topological polar surface area (TPSA) is 86.0 Å². The summed E-state index contributed by atoms with van der Waals surface area (Å²) in [5, 5.41) is 8.55. The second-order valence-corrected chi connectivity index (χ2v) is 37.9. The lowest BCUT2D eigenvalue weighted by Gasteiger charge is -2.32. The van der Waals surface area contributed by atoms with Gasteiger partial charge in [-0.05, 0) is 241 Å². The van der Waals surface area contributed by atoms with Crippen LogP contribution in [0.5, 0.6) is 0 Å². The molecule has 2 aliphatic rings. The van der Waals surface area contributed by atoms with Crippen LogP contribution in [-0.4, -0.2) is 33.6 Å². The van der Waals surface area contributed by atoms with E-state index in [2.05, 4.69) is 533 Å². The molecule has 6 aromatic heterocycles. The first-order chi connectivity index (χ1) is 71.8. The van der Waals surface area contributed by atoms with E-state index in [4.69, 9.17) is 24.4 Å². The molecule has 0 aliphatic heterocycles. The van der Waals surface area contributed by atoms with Gasteiger partial charge in [-0.3, -0.25) is 9.13 Å². The number of hydrogen-bond acceptors (Lipinski definition) is 7. The molecule has 10 nitrogen and oxygen atoms in total. The number of aromatic nitrogens is 7. The minimum atomic E-state index is -0.780. The number of anilines is 6. The van der Waals surface area contributed by atoms with Gasteiger partial charge < -0.3 is 18.8 Å². The van der Waals surface area contributed by atoms with Gasteiger partial charge in [0.15, 0.2) is 0 Å². The van der Waals surface area contributed by atoms with Gasteiger partial charge in [0.2, 0.25) is 11.9 Å². The van der Waals surface area contributed by atoms with Gasteiger partial charge in [-0.2, -0.15) is 0 Å². The van der Waals surface area contributed by atoms with Crippen LogP contribution in [0.3, 0.4) is 0 Å². The predicted molar refractivity (Wildman–Crippen MR) is 597 cm³/mol. The van der Waals surface area contributed by atoms with Gasteiger partial charge in [-0.1, -0.05) is 364 Å². The maximum Gasteiger partial charge on any atom is 0.235 e. The molecule has 0 bridgehead atoms. The molecule has 21 aromatic carbocycles. The van der Waals surface area contributed by atoms with Gasteiger partial charge >= 0.3 is 0 Å². The lowest BCUT2D eigenvalue weighted by atomic mass is 9.70. The predicted octanol–water partition coefficient (Wildman–Crippen LogP) is 35.1. The third-order valence-electron chi connectivity index (χ3n) is 29.9.